The molecular formula is C12H19NO6S. The number of esters is 1. The van der Waals surface area contributed by atoms with Crippen LogP contribution in [-0.4, -0.2) is 53.7 Å². The fraction of sp³-hybridized carbons (Fsp3) is 0.667. The minimum Gasteiger partial charge on any atom is -0.480 e. The molecule has 1 aliphatic rings. The van der Waals surface area contributed by atoms with Crippen molar-refractivity contribution in [1.29, 1.82) is 0 Å². The van der Waals surface area contributed by atoms with Gasteiger partial charge in [0.2, 0.25) is 10.0 Å². The molecule has 0 bridgehead atoms. The summed E-state index contributed by atoms with van der Waals surface area (Å²) in [6.45, 7) is 4.48. The summed E-state index contributed by atoms with van der Waals surface area (Å²) in [7, 11) is -4.08. The fourth-order valence-corrected chi connectivity index (χ4v) is 3.27. The van der Waals surface area contributed by atoms with E-state index in [4.69, 9.17) is 9.84 Å². The number of hydrogen-bond donors (Lipinski definition) is 1. The zero-order chi connectivity index (χ0) is 15.6. The van der Waals surface area contributed by atoms with Gasteiger partial charge in [-0.1, -0.05) is 12.2 Å². The molecule has 0 saturated heterocycles. The Bertz CT molecular complexity index is 517. The average molecular weight is 305 g/mol. The van der Waals surface area contributed by atoms with E-state index in [1.807, 2.05) is 0 Å². The van der Waals surface area contributed by atoms with Crippen LogP contribution in [0.15, 0.2) is 12.2 Å². The largest absolute Gasteiger partial charge is 0.480 e. The number of hydrogen-bond acceptors (Lipinski definition) is 5. The van der Waals surface area contributed by atoms with Gasteiger partial charge in [0.25, 0.3) is 0 Å². The van der Waals surface area contributed by atoms with Gasteiger partial charge in [-0.15, -0.1) is 0 Å². The van der Waals surface area contributed by atoms with Gasteiger partial charge in [-0.2, -0.15) is 4.31 Å². The van der Waals surface area contributed by atoms with E-state index in [1.54, 1.807) is 20.8 Å². The highest BCUT2D eigenvalue weighted by molar-refractivity contribution is 7.90. The zero-order valence-corrected chi connectivity index (χ0v) is 12.5. The molecule has 1 rings (SSSR count). The molecule has 0 aliphatic carbocycles. The molecule has 20 heavy (non-hydrogen) atoms. The Labute approximate surface area is 118 Å². The Morgan fingerprint density at radius 2 is 1.95 bits per heavy atom. The van der Waals surface area contributed by atoms with Gasteiger partial charge in [0, 0.05) is 6.54 Å². The third kappa shape index (κ3) is 4.31. The number of carbonyl (C=O) groups excluding carboxylic acids is 1. The molecule has 0 amide bonds. The molecule has 1 atom stereocenters. The summed E-state index contributed by atoms with van der Waals surface area (Å²) < 4.78 is 30.2. The van der Waals surface area contributed by atoms with Crippen molar-refractivity contribution in [3.05, 3.63) is 12.2 Å². The highest BCUT2D eigenvalue weighted by Crippen LogP contribution is 2.18. The topological polar surface area (TPSA) is 101 Å². The van der Waals surface area contributed by atoms with Crippen LogP contribution in [0.3, 0.4) is 0 Å². The van der Waals surface area contributed by atoms with Crippen LogP contribution < -0.4 is 0 Å². The van der Waals surface area contributed by atoms with Crippen LogP contribution in [0.4, 0.5) is 0 Å². The molecule has 0 fully saturated rings. The van der Waals surface area contributed by atoms with E-state index in [9.17, 15) is 18.0 Å². The van der Waals surface area contributed by atoms with Crippen molar-refractivity contribution in [2.45, 2.75) is 38.0 Å². The summed E-state index contributed by atoms with van der Waals surface area (Å²) in [5.41, 5.74) is -0.727. The van der Waals surface area contributed by atoms with Gasteiger partial charge in [-0.25, -0.2) is 8.42 Å². The number of nitrogens with zero attached hydrogens (tertiary/aromatic N) is 1. The highest BCUT2D eigenvalue weighted by atomic mass is 32.2. The first-order valence-corrected chi connectivity index (χ1v) is 7.63. The number of sulfonamides is 1. The number of allylic oxidation sites excluding steroid dienone is 1. The second-order valence-corrected chi connectivity index (χ2v) is 7.57. The van der Waals surface area contributed by atoms with Gasteiger partial charge in [0.1, 0.15) is 12.1 Å². The monoisotopic (exact) mass is 305 g/mol. The van der Waals surface area contributed by atoms with Crippen LogP contribution in [0.5, 0.6) is 0 Å². The quantitative estimate of drug-likeness (QED) is 0.597. The van der Waals surface area contributed by atoms with E-state index in [1.165, 1.54) is 12.2 Å². The molecule has 1 unspecified atom stereocenters. The second-order valence-electron chi connectivity index (χ2n) is 5.46. The lowest BCUT2D eigenvalue weighted by Gasteiger charge is -2.24. The third-order valence-corrected chi connectivity index (χ3v) is 4.66. The van der Waals surface area contributed by atoms with Crippen LogP contribution in [0, 0.1) is 0 Å². The van der Waals surface area contributed by atoms with Gasteiger partial charge in [0.15, 0.2) is 5.25 Å². The molecule has 0 radical (unpaired) electrons. The third-order valence-electron chi connectivity index (χ3n) is 2.55. The molecule has 7 nitrogen and oxygen atoms in total. The predicted molar refractivity (Wildman–Crippen MR) is 71.5 cm³/mol. The molecule has 0 aromatic rings. The molecule has 0 aromatic heterocycles. The number of ether oxygens (including phenoxy) is 1. The van der Waals surface area contributed by atoms with Crippen LogP contribution in [-0.2, 0) is 24.3 Å². The average Bonchev–Trinajstić information content (AvgIpc) is 2.35. The minimum atomic E-state index is -4.08. The van der Waals surface area contributed by atoms with Gasteiger partial charge < -0.3 is 9.84 Å². The van der Waals surface area contributed by atoms with Gasteiger partial charge in [-0.05, 0) is 27.2 Å². The van der Waals surface area contributed by atoms with E-state index in [0.717, 1.165) is 4.31 Å². The summed E-state index contributed by atoms with van der Waals surface area (Å²) in [5.74, 6) is -2.13. The number of carboxylic acid groups (broad SMARTS) is 1. The Morgan fingerprint density at radius 1 is 1.35 bits per heavy atom. The maximum absolute atomic E-state index is 12.2. The summed E-state index contributed by atoms with van der Waals surface area (Å²) in [4.78, 5) is 22.7. The lowest BCUT2D eigenvalue weighted by Crippen LogP contribution is -2.45. The van der Waals surface area contributed by atoms with Crippen molar-refractivity contribution in [1.82, 2.24) is 4.31 Å². The van der Waals surface area contributed by atoms with Crippen LogP contribution >= 0.6 is 0 Å². The van der Waals surface area contributed by atoms with Crippen LogP contribution in [0.1, 0.15) is 27.2 Å². The molecule has 1 aliphatic heterocycles. The molecule has 0 aromatic carbocycles. The first-order chi connectivity index (χ1) is 9.04. The first kappa shape index (κ1) is 16.6. The second kappa shape index (κ2) is 5.92. The van der Waals surface area contributed by atoms with Crippen molar-refractivity contribution in [2.24, 2.45) is 0 Å². The molecule has 1 heterocycles. The predicted octanol–water partition coefficient (Wildman–Crippen LogP) is 0.373. The van der Waals surface area contributed by atoms with Crippen molar-refractivity contribution in [2.75, 3.05) is 13.1 Å². The SMILES string of the molecule is CC(C)(C)OC(=O)CN1CC=CCC(C(=O)O)S1(=O)=O. The molecule has 8 heteroatoms. The number of aliphatic carboxylic acids is 1. The number of carbonyl (C=O) groups is 2. The van der Waals surface area contributed by atoms with Crippen molar-refractivity contribution in [3.8, 4) is 0 Å². The lowest BCUT2D eigenvalue weighted by molar-refractivity contribution is -0.155. The summed E-state index contributed by atoms with van der Waals surface area (Å²) in [6, 6.07) is 0. The Morgan fingerprint density at radius 3 is 2.45 bits per heavy atom. The van der Waals surface area contributed by atoms with E-state index in [0.29, 0.717) is 0 Å². The Kier molecular flexibility index (Phi) is 4.93. The number of carboxylic acids is 1. The van der Waals surface area contributed by atoms with E-state index >= 15 is 0 Å². The Hall–Kier alpha value is -1.41. The van der Waals surface area contributed by atoms with Crippen molar-refractivity contribution >= 4 is 22.0 Å². The molecule has 0 saturated carbocycles. The molecular weight excluding hydrogens is 286 g/mol. The summed E-state index contributed by atoms with van der Waals surface area (Å²) in [5, 5.41) is 7.42. The maximum atomic E-state index is 12.2. The molecule has 114 valence electrons. The van der Waals surface area contributed by atoms with Gasteiger partial charge in [-0.3, -0.25) is 9.59 Å². The number of rotatable bonds is 3. The fourth-order valence-electron chi connectivity index (χ4n) is 1.72. The molecule has 1 N–H and O–H groups in total. The summed E-state index contributed by atoms with van der Waals surface area (Å²) >= 11 is 0. The maximum Gasteiger partial charge on any atom is 0.323 e. The smallest absolute Gasteiger partial charge is 0.323 e. The van der Waals surface area contributed by atoms with Gasteiger partial charge >= 0.3 is 11.9 Å². The summed E-state index contributed by atoms with van der Waals surface area (Å²) in [6.07, 6.45) is 2.92. The Balaban J connectivity index is 2.90. The van der Waals surface area contributed by atoms with Gasteiger partial charge in [0.05, 0.1) is 0 Å². The van der Waals surface area contributed by atoms with E-state index in [2.05, 4.69) is 0 Å². The first-order valence-electron chi connectivity index (χ1n) is 6.12. The lowest BCUT2D eigenvalue weighted by atomic mass is 10.2. The van der Waals surface area contributed by atoms with E-state index in [-0.39, 0.29) is 13.0 Å². The minimum absolute atomic E-state index is 0.0364. The zero-order valence-electron chi connectivity index (χ0n) is 11.7. The normalized spacial score (nSPS) is 23.1. The van der Waals surface area contributed by atoms with Crippen molar-refractivity contribution in [3.63, 3.8) is 0 Å². The van der Waals surface area contributed by atoms with Crippen LogP contribution in [0.2, 0.25) is 0 Å². The standard InChI is InChI=1S/C12H19NO6S/c1-12(2,3)19-10(14)8-13-7-5-4-6-9(11(15)16)20(13,17)18/h4-5,9H,6-8H2,1-3H3,(H,15,16). The molecule has 0 spiro atoms. The highest BCUT2D eigenvalue weighted by Gasteiger charge is 2.39. The van der Waals surface area contributed by atoms with E-state index < -0.39 is 39.4 Å². The van der Waals surface area contributed by atoms with Crippen molar-refractivity contribution < 1.29 is 27.9 Å². The van der Waals surface area contributed by atoms with Crippen LogP contribution in [0.25, 0.3) is 0 Å².